The van der Waals surface area contributed by atoms with E-state index in [2.05, 4.69) is 31.2 Å². The van der Waals surface area contributed by atoms with E-state index >= 15 is 0 Å². The quantitative estimate of drug-likeness (QED) is 0.217. The Morgan fingerprint density at radius 1 is 0.545 bits per heavy atom. The summed E-state index contributed by atoms with van der Waals surface area (Å²) >= 11 is 0. The summed E-state index contributed by atoms with van der Waals surface area (Å²) in [5.74, 6) is 0.894. The lowest BCUT2D eigenvalue weighted by molar-refractivity contribution is -0.0122. The van der Waals surface area contributed by atoms with Crippen molar-refractivity contribution < 1.29 is 28.4 Å². The van der Waals surface area contributed by atoms with Crippen LogP contribution in [0, 0.1) is 0 Å². The molecule has 192 valence electrons. The fraction of sp³-hybridized carbons (Fsp3) is 0.769. The third-order valence-corrected chi connectivity index (χ3v) is 4.99. The number of unbranched alkanes of at least 4 members (excludes halogenated alkanes) is 5. The summed E-state index contributed by atoms with van der Waals surface area (Å²) in [6.07, 6.45) is 9.15. The van der Waals surface area contributed by atoms with E-state index in [0.717, 1.165) is 12.2 Å². The molecule has 0 heterocycles. The molecule has 0 aliphatic rings. The minimum atomic E-state index is 0.537. The van der Waals surface area contributed by atoms with Crippen molar-refractivity contribution in [3.05, 3.63) is 29.8 Å². The third kappa shape index (κ3) is 19.9. The number of hydrogen-bond acceptors (Lipinski definition) is 7. The number of ether oxygens (including phenoxy) is 6. The zero-order valence-electron chi connectivity index (χ0n) is 20.8. The molecule has 0 aromatic heterocycles. The van der Waals surface area contributed by atoms with Crippen molar-refractivity contribution in [2.75, 3.05) is 79.2 Å². The highest BCUT2D eigenvalue weighted by atomic mass is 16.6. The largest absolute Gasteiger partial charge is 0.491 e. The molecule has 1 aromatic rings. The number of nitrogens with two attached hydrogens (primary N) is 1. The summed E-state index contributed by atoms with van der Waals surface area (Å²) in [4.78, 5) is 0. The predicted molar refractivity (Wildman–Crippen MR) is 132 cm³/mol. The van der Waals surface area contributed by atoms with Crippen LogP contribution in [0.15, 0.2) is 24.3 Å². The van der Waals surface area contributed by atoms with Gasteiger partial charge in [0.2, 0.25) is 0 Å². The minimum absolute atomic E-state index is 0.537. The Kier molecular flexibility index (Phi) is 21.6. The van der Waals surface area contributed by atoms with Gasteiger partial charge >= 0.3 is 0 Å². The second-order valence-corrected chi connectivity index (χ2v) is 7.86. The van der Waals surface area contributed by atoms with Crippen molar-refractivity contribution in [3.63, 3.8) is 0 Å². The third-order valence-electron chi connectivity index (χ3n) is 4.99. The highest BCUT2D eigenvalue weighted by Crippen LogP contribution is 2.15. The molecule has 0 unspecified atom stereocenters. The van der Waals surface area contributed by atoms with E-state index < -0.39 is 0 Å². The number of benzene rings is 1. The molecule has 0 aliphatic heterocycles. The van der Waals surface area contributed by atoms with E-state index in [1.54, 1.807) is 0 Å². The van der Waals surface area contributed by atoms with Gasteiger partial charge in [-0.05, 0) is 30.5 Å². The van der Waals surface area contributed by atoms with Crippen molar-refractivity contribution in [2.45, 2.75) is 51.9 Å². The van der Waals surface area contributed by atoms with Gasteiger partial charge in [0.1, 0.15) is 12.4 Å². The molecular weight excluding hydrogens is 422 g/mol. The Hall–Kier alpha value is -1.22. The second kappa shape index (κ2) is 23.9. The lowest BCUT2D eigenvalue weighted by Crippen LogP contribution is -2.15. The highest BCUT2D eigenvalue weighted by molar-refractivity contribution is 5.27. The molecule has 0 saturated heterocycles. The van der Waals surface area contributed by atoms with Crippen molar-refractivity contribution in [1.29, 1.82) is 0 Å². The molecule has 7 heteroatoms. The summed E-state index contributed by atoms with van der Waals surface area (Å²) in [6.45, 7) is 8.87. The number of aryl methyl sites for hydroxylation is 1. The van der Waals surface area contributed by atoms with Crippen molar-refractivity contribution in [1.82, 2.24) is 0 Å². The van der Waals surface area contributed by atoms with Gasteiger partial charge in [-0.3, -0.25) is 0 Å². The van der Waals surface area contributed by atoms with Crippen molar-refractivity contribution in [3.8, 4) is 5.75 Å². The molecule has 0 fully saturated rings. The molecule has 1 aromatic carbocycles. The SMILES string of the molecule is CCCCCCCCc1ccc(OCCOCCOCCOCCOCCOCCN)cc1. The van der Waals surface area contributed by atoms with Crippen LogP contribution < -0.4 is 10.5 Å². The molecule has 0 amide bonds. The Morgan fingerprint density at radius 3 is 1.52 bits per heavy atom. The monoisotopic (exact) mass is 469 g/mol. The molecule has 7 nitrogen and oxygen atoms in total. The van der Waals surface area contributed by atoms with Gasteiger partial charge in [0.15, 0.2) is 0 Å². The standard InChI is InChI=1S/C26H47NO6/c1-2-3-4-5-6-7-8-25-9-11-26(12-10-25)33-24-23-32-22-21-31-20-19-30-18-17-29-16-15-28-14-13-27/h9-12H,2-8,13-24,27H2,1H3. The maximum Gasteiger partial charge on any atom is 0.119 e. The first kappa shape index (κ1) is 29.8. The molecule has 2 N–H and O–H groups in total. The van der Waals surface area contributed by atoms with E-state index in [1.807, 2.05) is 0 Å². The number of hydrogen-bond donors (Lipinski definition) is 1. The Labute approximate surface area is 201 Å². The van der Waals surface area contributed by atoms with Gasteiger partial charge in [-0.2, -0.15) is 0 Å². The van der Waals surface area contributed by atoms with Crippen molar-refractivity contribution >= 4 is 0 Å². The van der Waals surface area contributed by atoms with Crippen LogP contribution in [-0.4, -0.2) is 79.2 Å². The van der Waals surface area contributed by atoms with Gasteiger partial charge in [0.05, 0.1) is 66.1 Å². The molecule has 0 saturated carbocycles. The van der Waals surface area contributed by atoms with E-state index in [0.29, 0.717) is 79.2 Å². The maximum absolute atomic E-state index is 5.74. The summed E-state index contributed by atoms with van der Waals surface area (Å²) in [5.41, 5.74) is 6.71. The summed E-state index contributed by atoms with van der Waals surface area (Å²) < 4.78 is 32.8. The first-order chi connectivity index (χ1) is 16.4. The first-order valence-electron chi connectivity index (χ1n) is 12.7. The van der Waals surface area contributed by atoms with E-state index in [-0.39, 0.29) is 0 Å². The summed E-state index contributed by atoms with van der Waals surface area (Å²) in [6, 6.07) is 8.44. The van der Waals surface area contributed by atoms with Crippen molar-refractivity contribution in [2.24, 2.45) is 5.73 Å². The van der Waals surface area contributed by atoms with Crippen LogP contribution in [0.4, 0.5) is 0 Å². The van der Waals surface area contributed by atoms with Crippen LogP contribution in [0.2, 0.25) is 0 Å². The topological polar surface area (TPSA) is 81.4 Å². The molecule has 0 spiro atoms. The average molecular weight is 470 g/mol. The lowest BCUT2D eigenvalue weighted by Gasteiger charge is -2.09. The normalized spacial score (nSPS) is 11.2. The molecule has 33 heavy (non-hydrogen) atoms. The molecular formula is C26H47NO6. The van der Waals surface area contributed by atoms with Crippen LogP contribution in [-0.2, 0) is 30.1 Å². The first-order valence-corrected chi connectivity index (χ1v) is 12.7. The lowest BCUT2D eigenvalue weighted by atomic mass is 10.0. The van der Waals surface area contributed by atoms with Crippen LogP contribution in [0.25, 0.3) is 0 Å². The van der Waals surface area contributed by atoms with Gasteiger partial charge in [-0.1, -0.05) is 51.2 Å². The van der Waals surface area contributed by atoms with Gasteiger partial charge in [-0.25, -0.2) is 0 Å². The smallest absolute Gasteiger partial charge is 0.119 e. The Bertz CT molecular complexity index is 514. The minimum Gasteiger partial charge on any atom is -0.491 e. The Balaban J connectivity index is 1.82. The van der Waals surface area contributed by atoms with E-state index in [9.17, 15) is 0 Å². The Morgan fingerprint density at radius 2 is 1.00 bits per heavy atom. The van der Waals surface area contributed by atoms with Gasteiger partial charge in [0, 0.05) is 6.54 Å². The molecule has 0 radical (unpaired) electrons. The summed E-state index contributed by atoms with van der Waals surface area (Å²) in [7, 11) is 0. The van der Waals surface area contributed by atoms with Crippen LogP contribution in [0.5, 0.6) is 5.75 Å². The van der Waals surface area contributed by atoms with E-state index in [1.165, 1.54) is 44.1 Å². The highest BCUT2D eigenvalue weighted by Gasteiger charge is 1.98. The summed E-state index contributed by atoms with van der Waals surface area (Å²) in [5, 5.41) is 0. The van der Waals surface area contributed by atoms with Crippen LogP contribution in [0.1, 0.15) is 51.0 Å². The zero-order valence-corrected chi connectivity index (χ0v) is 20.8. The van der Waals surface area contributed by atoms with Gasteiger partial charge < -0.3 is 34.2 Å². The zero-order chi connectivity index (χ0) is 23.7. The maximum atomic E-state index is 5.74. The molecule has 0 atom stereocenters. The molecule has 0 bridgehead atoms. The fourth-order valence-corrected chi connectivity index (χ4v) is 3.15. The average Bonchev–Trinajstić information content (AvgIpc) is 2.84. The van der Waals surface area contributed by atoms with Crippen LogP contribution >= 0.6 is 0 Å². The predicted octanol–water partition coefficient (Wildman–Crippen LogP) is 4.01. The molecule has 1 rings (SSSR count). The second-order valence-electron chi connectivity index (χ2n) is 7.86. The van der Waals surface area contributed by atoms with Gasteiger partial charge in [0.25, 0.3) is 0 Å². The fourth-order valence-electron chi connectivity index (χ4n) is 3.15. The van der Waals surface area contributed by atoms with Gasteiger partial charge in [-0.15, -0.1) is 0 Å². The van der Waals surface area contributed by atoms with E-state index in [4.69, 9.17) is 34.2 Å². The number of rotatable bonds is 25. The molecule has 0 aliphatic carbocycles. The van der Waals surface area contributed by atoms with Crippen LogP contribution in [0.3, 0.4) is 0 Å².